The van der Waals surface area contributed by atoms with Gasteiger partial charge in [-0.3, -0.25) is 0 Å². The first-order chi connectivity index (χ1) is 29.5. The summed E-state index contributed by atoms with van der Waals surface area (Å²) in [5, 5.41) is 7.68. The van der Waals surface area contributed by atoms with Crippen LogP contribution >= 0.6 is 11.3 Å². The Hall–Kier alpha value is -7.20. The van der Waals surface area contributed by atoms with Crippen LogP contribution in [-0.4, -0.2) is 9.13 Å². The number of para-hydroxylation sites is 3. The molecular weight excluding hydrogens is 745 g/mol. The van der Waals surface area contributed by atoms with Gasteiger partial charge in [-0.25, -0.2) is 0 Å². The third-order valence-corrected chi connectivity index (χ3v) is 14.5. The number of rotatable bonds is 4. The molecule has 0 bridgehead atoms. The van der Waals surface area contributed by atoms with Gasteiger partial charge in [0.1, 0.15) is 0 Å². The summed E-state index contributed by atoms with van der Waals surface area (Å²) < 4.78 is 7.58. The van der Waals surface area contributed by atoms with E-state index in [0.29, 0.717) is 0 Å². The first kappa shape index (κ1) is 33.7. The van der Waals surface area contributed by atoms with Gasteiger partial charge in [0.25, 0.3) is 0 Å². The summed E-state index contributed by atoms with van der Waals surface area (Å²) in [6, 6.07) is 72.5. The van der Waals surface area contributed by atoms with Gasteiger partial charge in [-0.1, -0.05) is 135 Å². The number of thiophene rings is 1. The highest BCUT2D eigenvalue weighted by Crippen LogP contribution is 2.51. The Labute approximate surface area is 351 Å². The van der Waals surface area contributed by atoms with Crippen molar-refractivity contribution in [2.45, 2.75) is 19.3 Å². The van der Waals surface area contributed by atoms with E-state index < -0.39 is 0 Å². The van der Waals surface area contributed by atoms with E-state index in [9.17, 15) is 0 Å². The molecule has 0 aliphatic heterocycles. The van der Waals surface area contributed by atoms with Gasteiger partial charge in [0, 0.05) is 58.4 Å². The maximum atomic E-state index is 2.55. The maximum absolute atomic E-state index is 2.55. The zero-order chi connectivity index (χ0) is 39.7. The summed E-state index contributed by atoms with van der Waals surface area (Å²) >= 11 is 1.87. The molecule has 0 N–H and O–H groups in total. The molecule has 3 heteroatoms. The Balaban J connectivity index is 1.09. The van der Waals surface area contributed by atoms with E-state index in [1.165, 1.54) is 120 Å². The van der Waals surface area contributed by atoms with Gasteiger partial charge in [-0.15, -0.1) is 11.3 Å². The average molecular weight is 783 g/mol. The predicted octanol–water partition coefficient (Wildman–Crippen LogP) is 15.9. The van der Waals surface area contributed by atoms with Crippen molar-refractivity contribution in [1.82, 2.24) is 9.13 Å². The lowest BCUT2D eigenvalue weighted by Gasteiger charge is -2.22. The number of benzene rings is 9. The quantitative estimate of drug-likeness (QED) is 0.168. The number of hydrogen-bond donors (Lipinski definition) is 0. The number of hydrogen-bond acceptors (Lipinski definition) is 1. The minimum atomic E-state index is -0.120. The summed E-state index contributed by atoms with van der Waals surface area (Å²) in [6.45, 7) is 4.77. The second-order valence-electron chi connectivity index (χ2n) is 16.9. The van der Waals surface area contributed by atoms with Crippen molar-refractivity contribution in [2.75, 3.05) is 0 Å². The van der Waals surface area contributed by atoms with Crippen LogP contribution in [0.4, 0.5) is 0 Å². The second-order valence-corrected chi connectivity index (χ2v) is 18.0. The van der Waals surface area contributed by atoms with Crippen LogP contribution in [0.1, 0.15) is 25.0 Å². The van der Waals surface area contributed by atoms with Crippen LogP contribution in [-0.2, 0) is 5.41 Å². The summed E-state index contributed by atoms with van der Waals surface area (Å²) in [7, 11) is 0. The molecule has 0 saturated heterocycles. The number of nitrogens with zero attached hydrogens (tertiary/aromatic N) is 2. The van der Waals surface area contributed by atoms with Gasteiger partial charge in [-0.2, -0.15) is 0 Å². The minimum Gasteiger partial charge on any atom is -0.309 e. The first-order valence-electron chi connectivity index (χ1n) is 20.8. The van der Waals surface area contributed by atoms with Crippen molar-refractivity contribution in [3.63, 3.8) is 0 Å². The van der Waals surface area contributed by atoms with Gasteiger partial charge in [0.2, 0.25) is 0 Å². The fourth-order valence-electron chi connectivity index (χ4n) is 10.5. The monoisotopic (exact) mass is 782 g/mol. The van der Waals surface area contributed by atoms with Gasteiger partial charge in [0.15, 0.2) is 0 Å². The van der Waals surface area contributed by atoms with E-state index in [-0.39, 0.29) is 5.41 Å². The molecule has 9 aromatic carbocycles. The van der Waals surface area contributed by atoms with E-state index >= 15 is 0 Å². The molecule has 0 atom stereocenters. The fraction of sp³-hybridized carbons (Fsp3) is 0.0526. The van der Waals surface area contributed by atoms with E-state index in [1.807, 2.05) is 11.3 Å². The summed E-state index contributed by atoms with van der Waals surface area (Å²) in [5.41, 5.74) is 17.4. The van der Waals surface area contributed by atoms with E-state index in [4.69, 9.17) is 0 Å². The van der Waals surface area contributed by atoms with Crippen molar-refractivity contribution in [1.29, 1.82) is 0 Å². The molecule has 12 aromatic rings. The molecule has 2 nitrogen and oxygen atoms in total. The molecule has 0 unspecified atom stereocenters. The Morgan fingerprint density at radius 2 is 0.950 bits per heavy atom. The highest BCUT2D eigenvalue weighted by molar-refractivity contribution is 7.25. The Kier molecular flexibility index (Phi) is 6.98. The van der Waals surface area contributed by atoms with Crippen LogP contribution < -0.4 is 0 Å². The molecule has 0 amide bonds. The van der Waals surface area contributed by atoms with Gasteiger partial charge in [-0.05, 0) is 112 Å². The molecule has 1 aliphatic rings. The van der Waals surface area contributed by atoms with Gasteiger partial charge >= 0.3 is 0 Å². The minimum absolute atomic E-state index is 0.120. The lowest BCUT2D eigenvalue weighted by atomic mass is 9.82. The predicted molar refractivity (Wildman–Crippen MR) is 256 cm³/mol. The van der Waals surface area contributed by atoms with E-state index in [0.717, 1.165) is 0 Å². The first-order valence-corrected chi connectivity index (χ1v) is 21.7. The van der Waals surface area contributed by atoms with Gasteiger partial charge < -0.3 is 9.13 Å². The SMILES string of the molecule is CC1(C)c2ccccc2-c2cc3c4ccccc4n(-c4cc(-c5ccc6c(c5)c5ccccc5n6-c5ccccc5)ccc4-c4ccc5sc6ccccc6c5c4)c3cc21. The van der Waals surface area contributed by atoms with Crippen LogP contribution in [0.3, 0.4) is 0 Å². The van der Waals surface area contributed by atoms with Crippen LogP contribution in [0.5, 0.6) is 0 Å². The van der Waals surface area contributed by atoms with Crippen molar-refractivity contribution in [2.24, 2.45) is 0 Å². The Morgan fingerprint density at radius 1 is 0.350 bits per heavy atom. The summed E-state index contributed by atoms with van der Waals surface area (Å²) in [4.78, 5) is 0. The molecule has 0 spiro atoms. The topological polar surface area (TPSA) is 9.86 Å². The Bertz CT molecular complexity index is 3740. The third kappa shape index (κ3) is 4.70. The second kappa shape index (κ2) is 12.4. The van der Waals surface area contributed by atoms with Crippen molar-refractivity contribution in [3.05, 3.63) is 205 Å². The largest absolute Gasteiger partial charge is 0.309 e. The van der Waals surface area contributed by atoms with Gasteiger partial charge in [0.05, 0.1) is 27.8 Å². The standard InChI is InChI=1S/C57H38N2S/c1-57(2)48-20-10-6-16-40(48)44-33-46-42-18-8-12-22-51(42)59(54(46)34-49(44)57)53-32-36(24-27-39(53)37-26-29-56-47(31-37)43-19-9-13-23-55(43)60-56)35-25-28-52-45(30-35)41-17-7-11-21-50(41)58(52)38-14-4-3-5-15-38/h3-34H,1-2H3. The molecule has 60 heavy (non-hydrogen) atoms. The molecule has 3 heterocycles. The number of aromatic nitrogens is 2. The lowest BCUT2D eigenvalue weighted by molar-refractivity contribution is 0.661. The average Bonchev–Trinajstić information content (AvgIpc) is 4.00. The molecular formula is C57H38N2S. The maximum Gasteiger partial charge on any atom is 0.0546 e. The highest BCUT2D eigenvalue weighted by Gasteiger charge is 2.36. The van der Waals surface area contributed by atoms with Crippen molar-refractivity contribution < 1.29 is 0 Å². The normalized spacial score (nSPS) is 13.3. The molecule has 282 valence electrons. The Morgan fingerprint density at radius 3 is 1.78 bits per heavy atom. The summed E-state index contributed by atoms with van der Waals surface area (Å²) in [5.74, 6) is 0. The van der Waals surface area contributed by atoms with Crippen molar-refractivity contribution in [3.8, 4) is 44.8 Å². The number of fused-ring (bicyclic) bond motifs is 12. The molecule has 0 radical (unpaired) electrons. The zero-order valence-electron chi connectivity index (χ0n) is 33.3. The van der Waals surface area contributed by atoms with Crippen LogP contribution in [0.15, 0.2) is 194 Å². The zero-order valence-corrected chi connectivity index (χ0v) is 34.1. The highest BCUT2D eigenvalue weighted by atomic mass is 32.1. The van der Waals surface area contributed by atoms with Crippen LogP contribution in [0, 0.1) is 0 Å². The summed E-state index contributed by atoms with van der Waals surface area (Å²) in [6.07, 6.45) is 0. The molecule has 13 rings (SSSR count). The van der Waals surface area contributed by atoms with Crippen LogP contribution in [0.2, 0.25) is 0 Å². The van der Waals surface area contributed by atoms with Crippen LogP contribution in [0.25, 0.3) is 109 Å². The van der Waals surface area contributed by atoms with E-state index in [2.05, 4.69) is 217 Å². The third-order valence-electron chi connectivity index (χ3n) is 13.3. The molecule has 0 fully saturated rings. The smallest absolute Gasteiger partial charge is 0.0546 e. The van der Waals surface area contributed by atoms with E-state index in [1.54, 1.807) is 0 Å². The molecule has 0 saturated carbocycles. The lowest BCUT2D eigenvalue weighted by Crippen LogP contribution is -2.15. The van der Waals surface area contributed by atoms with Crippen molar-refractivity contribution >= 4 is 75.1 Å². The molecule has 1 aliphatic carbocycles. The fourth-order valence-corrected chi connectivity index (χ4v) is 11.6. The molecule has 3 aromatic heterocycles.